The fourth-order valence-electron chi connectivity index (χ4n) is 5.18. The van der Waals surface area contributed by atoms with Crippen LogP contribution in [0.2, 0.25) is 0 Å². The highest BCUT2D eigenvalue weighted by atomic mass is 127. The maximum absolute atomic E-state index is 14.2. The summed E-state index contributed by atoms with van der Waals surface area (Å²) < 4.78 is 29.2. The number of halogens is 1. The van der Waals surface area contributed by atoms with E-state index >= 15 is 0 Å². The molecule has 12 nitrogen and oxygen atoms in total. The zero-order valence-electron chi connectivity index (χ0n) is 25.3. The third-order valence-electron chi connectivity index (χ3n) is 7.35. The highest BCUT2D eigenvalue weighted by Gasteiger charge is 2.41. The van der Waals surface area contributed by atoms with Gasteiger partial charge in [0.25, 0.3) is 5.91 Å². The van der Waals surface area contributed by atoms with Gasteiger partial charge in [0.2, 0.25) is 5.91 Å². The number of aliphatic hydroxyl groups is 2. The van der Waals surface area contributed by atoms with Gasteiger partial charge in [-0.2, -0.15) is 0 Å². The number of carbonyl (C=O) groups excluding carboxylic acids is 3. The van der Waals surface area contributed by atoms with Gasteiger partial charge in [0.15, 0.2) is 28.6 Å². The van der Waals surface area contributed by atoms with Crippen LogP contribution in [0.4, 0.5) is 0 Å². The average molecular weight is 737 g/mol. The third kappa shape index (κ3) is 7.95. The van der Waals surface area contributed by atoms with Crippen LogP contribution in [-0.4, -0.2) is 98.6 Å². The molecule has 3 N–H and O–H groups in total. The summed E-state index contributed by atoms with van der Waals surface area (Å²) >= 11 is 2.00. The predicted octanol–water partition coefficient (Wildman–Crippen LogP) is 3.35. The Balaban J connectivity index is 1.75. The molecule has 0 bridgehead atoms. The first kappa shape index (κ1) is 34.2. The molecule has 0 fully saturated rings. The number of carbonyl (C=O) groups is 3. The fraction of sp³-hybridized carbons (Fsp3) is 0.406. The molecule has 3 atom stereocenters. The van der Waals surface area contributed by atoms with E-state index in [-0.39, 0.29) is 48.9 Å². The molecule has 3 aromatic rings. The number of benzene rings is 2. The molecule has 0 spiro atoms. The first-order valence-electron chi connectivity index (χ1n) is 14.5. The van der Waals surface area contributed by atoms with Gasteiger partial charge in [-0.05, 0) is 66.3 Å². The summed E-state index contributed by atoms with van der Waals surface area (Å²) in [6.07, 6.45) is 0.253. The smallest absolute Gasteiger partial charge is 0.289 e. The molecule has 2 aromatic carbocycles. The van der Waals surface area contributed by atoms with Crippen LogP contribution in [0.1, 0.15) is 40.7 Å². The first-order valence-corrected chi connectivity index (χ1v) is 15.6. The number of furan rings is 1. The molecule has 0 saturated heterocycles. The summed E-state index contributed by atoms with van der Waals surface area (Å²) in [6.45, 7) is 2.68. The van der Waals surface area contributed by atoms with Crippen LogP contribution < -0.4 is 19.5 Å². The van der Waals surface area contributed by atoms with E-state index in [4.69, 9.17) is 23.4 Å². The molecule has 0 radical (unpaired) electrons. The molecule has 1 heterocycles. The van der Waals surface area contributed by atoms with Gasteiger partial charge in [-0.25, -0.2) is 0 Å². The fourth-order valence-corrected chi connectivity index (χ4v) is 5.93. The van der Waals surface area contributed by atoms with Crippen LogP contribution in [-0.2, 0) is 9.53 Å². The molecule has 1 aliphatic rings. The Bertz CT molecular complexity index is 1540. The standard InChI is InChI=1S/C32H37IN2O10/c1-4-43-12-6-10-35(32(40)27-16-20-7-5-8-24(41-2)29(20)45-27)23-15-21(31(39)34-9-11-36)17-25(28(23)38)44-30-22(33)13-19(18-37)14-26(30)42-3/h5,7-8,13-14,16-18,23,25,28,36,38H,4,6,9-12,15H2,1-3H3,(H,34,39). The lowest BCUT2D eigenvalue weighted by Crippen LogP contribution is -2.55. The van der Waals surface area contributed by atoms with Gasteiger partial charge >= 0.3 is 0 Å². The monoisotopic (exact) mass is 736 g/mol. The van der Waals surface area contributed by atoms with Crippen molar-refractivity contribution in [1.82, 2.24) is 10.2 Å². The summed E-state index contributed by atoms with van der Waals surface area (Å²) in [5, 5.41) is 24.4. The number of amides is 2. The Morgan fingerprint density at radius 1 is 1.18 bits per heavy atom. The Kier molecular flexibility index (Phi) is 12.2. The Morgan fingerprint density at radius 2 is 1.96 bits per heavy atom. The van der Waals surface area contributed by atoms with Crippen LogP contribution in [0, 0.1) is 3.57 Å². The molecule has 3 unspecified atom stereocenters. The minimum atomic E-state index is -1.29. The zero-order valence-corrected chi connectivity index (χ0v) is 27.4. The van der Waals surface area contributed by atoms with E-state index in [9.17, 15) is 24.6 Å². The van der Waals surface area contributed by atoms with Crippen molar-refractivity contribution in [2.45, 2.75) is 38.0 Å². The van der Waals surface area contributed by atoms with E-state index in [1.807, 2.05) is 29.5 Å². The van der Waals surface area contributed by atoms with Crippen molar-refractivity contribution in [2.24, 2.45) is 0 Å². The van der Waals surface area contributed by atoms with E-state index in [1.165, 1.54) is 31.3 Å². The van der Waals surface area contributed by atoms with Crippen LogP contribution in [0.5, 0.6) is 17.2 Å². The average Bonchev–Trinajstić information content (AvgIpc) is 3.50. The van der Waals surface area contributed by atoms with Gasteiger partial charge in [-0.15, -0.1) is 0 Å². The predicted molar refractivity (Wildman–Crippen MR) is 173 cm³/mol. The Labute approximate surface area is 274 Å². The van der Waals surface area contributed by atoms with Crippen molar-refractivity contribution < 1.29 is 48.0 Å². The second kappa shape index (κ2) is 16.1. The largest absolute Gasteiger partial charge is 0.493 e. The van der Waals surface area contributed by atoms with E-state index in [1.54, 1.807) is 30.3 Å². The minimum Gasteiger partial charge on any atom is -0.493 e. The lowest BCUT2D eigenvalue weighted by Gasteiger charge is -2.40. The molecular formula is C32H37IN2O10. The van der Waals surface area contributed by atoms with Crippen molar-refractivity contribution in [3.63, 3.8) is 0 Å². The van der Waals surface area contributed by atoms with Crippen LogP contribution in [0.15, 0.2) is 52.5 Å². The topological polar surface area (TPSA) is 157 Å². The molecular weight excluding hydrogens is 699 g/mol. The second-order valence-corrected chi connectivity index (χ2v) is 11.4. The summed E-state index contributed by atoms with van der Waals surface area (Å²) in [5.41, 5.74) is 1.04. The molecule has 13 heteroatoms. The number of aldehydes is 1. The van der Waals surface area contributed by atoms with Gasteiger partial charge in [0.05, 0.1) is 30.4 Å². The van der Waals surface area contributed by atoms with Crippen molar-refractivity contribution in [1.29, 1.82) is 0 Å². The number of hydrogen-bond donors (Lipinski definition) is 3. The number of ether oxygens (including phenoxy) is 4. The van der Waals surface area contributed by atoms with Crippen LogP contribution in [0.3, 0.4) is 0 Å². The first-order chi connectivity index (χ1) is 21.8. The number of hydrogen-bond acceptors (Lipinski definition) is 10. The van der Waals surface area contributed by atoms with Gasteiger partial charge in [-0.1, -0.05) is 12.1 Å². The number of aliphatic hydroxyl groups excluding tert-OH is 2. The summed E-state index contributed by atoms with van der Waals surface area (Å²) in [6, 6.07) is 9.13. The molecule has 0 saturated carbocycles. The highest BCUT2D eigenvalue weighted by Crippen LogP contribution is 2.37. The van der Waals surface area contributed by atoms with Gasteiger partial charge in [-0.3, -0.25) is 14.4 Å². The summed E-state index contributed by atoms with van der Waals surface area (Å²) in [4.78, 5) is 40.2. The van der Waals surface area contributed by atoms with E-state index in [0.29, 0.717) is 51.8 Å². The maximum atomic E-state index is 14.2. The van der Waals surface area contributed by atoms with Gasteiger partial charge in [0, 0.05) is 49.2 Å². The molecule has 4 rings (SSSR count). The second-order valence-electron chi connectivity index (χ2n) is 10.2. The van der Waals surface area contributed by atoms with Crippen molar-refractivity contribution in [3.8, 4) is 17.2 Å². The SMILES string of the molecule is CCOCCCN(C(=O)c1cc2cccc(OC)c2o1)C1CC(C(=O)NCCO)=CC(Oc2c(I)cc(C=O)cc2OC)C1O. The number of rotatable bonds is 15. The number of methoxy groups -OCH3 is 2. The van der Waals surface area contributed by atoms with E-state index in [2.05, 4.69) is 5.32 Å². The van der Waals surface area contributed by atoms with Crippen molar-refractivity contribution >= 4 is 51.7 Å². The van der Waals surface area contributed by atoms with Crippen molar-refractivity contribution in [3.05, 3.63) is 62.9 Å². The number of nitrogens with one attached hydrogen (secondary N) is 1. The minimum absolute atomic E-state index is 0.000516. The molecule has 45 heavy (non-hydrogen) atoms. The van der Waals surface area contributed by atoms with Gasteiger partial charge in [0.1, 0.15) is 18.5 Å². The Morgan fingerprint density at radius 3 is 2.64 bits per heavy atom. The number of nitrogens with zero attached hydrogens (tertiary/aromatic N) is 1. The lowest BCUT2D eigenvalue weighted by molar-refractivity contribution is -0.118. The summed E-state index contributed by atoms with van der Waals surface area (Å²) in [7, 11) is 2.94. The molecule has 1 aromatic heterocycles. The highest BCUT2D eigenvalue weighted by molar-refractivity contribution is 14.1. The van der Waals surface area contributed by atoms with Gasteiger partial charge < -0.3 is 43.8 Å². The number of fused-ring (bicyclic) bond motifs is 1. The van der Waals surface area contributed by atoms with E-state index in [0.717, 1.165) is 0 Å². The third-order valence-corrected chi connectivity index (χ3v) is 8.15. The molecule has 2 amide bonds. The normalized spacial score (nSPS) is 17.8. The number of para-hydroxylation sites is 1. The van der Waals surface area contributed by atoms with Crippen molar-refractivity contribution in [2.75, 3.05) is 47.1 Å². The quantitative estimate of drug-likeness (QED) is 0.120. The van der Waals surface area contributed by atoms with Crippen LogP contribution in [0.25, 0.3) is 11.0 Å². The molecule has 1 aliphatic carbocycles. The maximum Gasteiger partial charge on any atom is 0.289 e. The molecule has 0 aliphatic heterocycles. The van der Waals surface area contributed by atoms with Crippen LogP contribution >= 0.6 is 22.6 Å². The lowest BCUT2D eigenvalue weighted by atomic mass is 9.88. The van der Waals surface area contributed by atoms with E-state index < -0.39 is 30.1 Å². The zero-order chi connectivity index (χ0) is 32.5. The summed E-state index contributed by atoms with van der Waals surface area (Å²) in [5.74, 6) is 0.0691. The molecule has 242 valence electrons. The Hall–Kier alpha value is -3.66.